The summed E-state index contributed by atoms with van der Waals surface area (Å²) in [5, 5.41) is 3.12. The van der Waals surface area contributed by atoms with Crippen molar-refractivity contribution in [2.45, 2.75) is 6.54 Å². The molecule has 72 valence electrons. The van der Waals surface area contributed by atoms with E-state index in [2.05, 4.69) is 39.6 Å². The molecule has 0 spiro atoms. The molecule has 0 bridgehead atoms. The van der Waals surface area contributed by atoms with Gasteiger partial charge in [0.25, 0.3) is 0 Å². The average molecular weight is 187 g/mol. The molecule has 0 atom stereocenters. The second-order valence-electron chi connectivity index (χ2n) is 3.19. The molecule has 0 saturated carbocycles. The highest BCUT2D eigenvalue weighted by molar-refractivity contribution is 5.58. The fraction of sp³-hybridized carbons (Fsp3) is 0.182. The van der Waals surface area contributed by atoms with E-state index in [4.69, 9.17) is 0 Å². The first-order valence-corrected chi connectivity index (χ1v) is 4.62. The van der Waals surface area contributed by atoms with Crippen molar-refractivity contribution in [3.8, 4) is 11.3 Å². The Labute approximate surface area is 83.2 Å². The molecular formula is C11H13N3. The van der Waals surface area contributed by atoms with E-state index in [-0.39, 0.29) is 0 Å². The van der Waals surface area contributed by atoms with Gasteiger partial charge in [0.05, 0.1) is 18.2 Å². The monoisotopic (exact) mass is 187 g/mol. The van der Waals surface area contributed by atoms with Crippen molar-refractivity contribution in [1.82, 2.24) is 15.3 Å². The third kappa shape index (κ3) is 1.83. The van der Waals surface area contributed by atoms with Gasteiger partial charge in [0.1, 0.15) is 0 Å². The highest BCUT2D eigenvalue weighted by Crippen LogP contribution is 2.16. The summed E-state index contributed by atoms with van der Waals surface area (Å²) in [5.41, 5.74) is 3.51. The summed E-state index contributed by atoms with van der Waals surface area (Å²) in [6.45, 7) is 0.906. The summed E-state index contributed by atoms with van der Waals surface area (Å²) < 4.78 is 0. The number of nitrogens with one attached hydrogen (secondary N) is 2. The third-order valence-electron chi connectivity index (χ3n) is 2.14. The van der Waals surface area contributed by atoms with Crippen molar-refractivity contribution >= 4 is 0 Å². The lowest BCUT2D eigenvalue weighted by molar-refractivity contribution is 0.818. The van der Waals surface area contributed by atoms with Crippen molar-refractivity contribution in [3.05, 3.63) is 42.4 Å². The maximum absolute atomic E-state index is 3.99. The van der Waals surface area contributed by atoms with Crippen LogP contribution in [0.3, 0.4) is 0 Å². The van der Waals surface area contributed by atoms with E-state index in [0.29, 0.717) is 0 Å². The Bertz CT molecular complexity index is 375. The van der Waals surface area contributed by atoms with Gasteiger partial charge in [-0.1, -0.05) is 24.3 Å². The molecule has 0 aliphatic carbocycles. The number of aromatic amines is 1. The summed E-state index contributed by atoms with van der Waals surface area (Å²) in [4.78, 5) is 7.07. The van der Waals surface area contributed by atoms with E-state index in [1.54, 1.807) is 6.33 Å². The van der Waals surface area contributed by atoms with Gasteiger partial charge in [0.15, 0.2) is 0 Å². The van der Waals surface area contributed by atoms with Crippen LogP contribution in [0.15, 0.2) is 36.8 Å². The summed E-state index contributed by atoms with van der Waals surface area (Å²) in [5.74, 6) is 0. The molecule has 0 unspecified atom stereocenters. The van der Waals surface area contributed by atoms with Crippen LogP contribution in [0.4, 0.5) is 0 Å². The second-order valence-corrected chi connectivity index (χ2v) is 3.19. The standard InChI is InChI=1S/C11H13N3/c1-12-6-9-2-4-10(5-3-9)11-7-13-8-14-11/h2-5,7-8,12H,6H2,1H3,(H,13,14). The van der Waals surface area contributed by atoms with Crippen LogP contribution in [0, 0.1) is 0 Å². The zero-order valence-corrected chi connectivity index (χ0v) is 8.12. The van der Waals surface area contributed by atoms with Crippen LogP contribution in [-0.4, -0.2) is 17.0 Å². The van der Waals surface area contributed by atoms with Crippen molar-refractivity contribution < 1.29 is 0 Å². The molecular weight excluding hydrogens is 174 g/mol. The highest BCUT2D eigenvalue weighted by Gasteiger charge is 1.97. The van der Waals surface area contributed by atoms with Gasteiger partial charge < -0.3 is 10.3 Å². The largest absolute Gasteiger partial charge is 0.345 e. The molecule has 0 radical (unpaired) electrons. The molecule has 1 aromatic carbocycles. The number of hydrogen-bond donors (Lipinski definition) is 2. The molecule has 3 heteroatoms. The fourth-order valence-electron chi connectivity index (χ4n) is 1.42. The van der Waals surface area contributed by atoms with Crippen LogP contribution in [-0.2, 0) is 6.54 Å². The molecule has 1 aromatic heterocycles. The van der Waals surface area contributed by atoms with Gasteiger partial charge in [0, 0.05) is 6.54 Å². The van der Waals surface area contributed by atoms with E-state index >= 15 is 0 Å². The highest BCUT2D eigenvalue weighted by atomic mass is 14.9. The first-order valence-electron chi connectivity index (χ1n) is 4.62. The number of imidazole rings is 1. The lowest BCUT2D eigenvalue weighted by Gasteiger charge is -2.01. The second kappa shape index (κ2) is 4.07. The van der Waals surface area contributed by atoms with Gasteiger partial charge >= 0.3 is 0 Å². The molecule has 0 saturated heterocycles. The maximum Gasteiger partial charge on any atom is 0.0924 e. The topological polar surface area (TPSA) is 40.7 Å². The number of benzene rings is 1. The van der Waals surface area contributed by atoms with Crippen LogP contribution < -0.4 is 5.32 Å². The van der Waals surface area contributed by atoms with Gasteiger partial charge in [0.2, 0.25) is 0 Å². The number of H-pyrrole nitrogens is 1. The molecule has 1 heterocycles. The lowest BCUT2D eigenvalue weighted by Crippen LogP contribution is -2.04. The Morgan fingerprint density at radius 1 is 1.29 bits per heavy atom. The lowest BCUT2D eigenvalue weighted by atomic mass is 10.1. The molecule has 2 N–H and O–H groups in total. The molecule has 2 aromatic rings. The van der Waals surface area contributed by atoms with Crippen molar-refractivity contribution in [2.24, 2.45) is 0 Å². The zero-order valence-electron chi connectivity index (χ0n) is 8.12. The minimum Gasteiger partial charge on any atom is -0.345 e. The molecule has 0 aliphatic heterocycles. The Balaban J connectivity index is 2.22. The van der Waals surface area contributed by atoms with Gasteiger partial charge in [-0.05, 0) is 18.2 Å². The van der Waals surface area contributed by atoms with Crippen LogP contribution in [0.2, 0.25) is 0 Å². The minimum absolute atomic E-state index is 0.906. The summed E-state index contributed by atoms with van der Waals surface area (Å²) in [7, 11) is 1.95. The summed E-state index contributed by atoms with van der Waals surface area (Å²) in [6.07, 6.45) is 3.52. The van der Waals surface area contributed by atoms with E-state index < -0.39 is 0 Å². The third-order valence-corrected chi connectivity index (χ3v) is 2.14. The normalized spacial score (nSPS) is 10.4. The van der Waals surface area contributed by atoms with Crippen molar-refractivity contribution in [1.29, 1.82) is 0 Å². The maximum atomic E-state index is 3.99. The van der Waals surface area contributed by atoms with Crippen LogP contribution in [0.5, 0.6) is 0 Å². The van der Waals surface area contributed by atoms with E-state index in [9.17, 15) is 0 Å². The van der Waals surface area contributed by atoms with E-state index in [0.717, 1.165) is 12.2 Å². The van der Waals surface area contributed by atoms with Crippen LogP contribution in [0.1, 0.15) is 5.56 Å². The quantitative estimate of drug-likeness (QED) is 0.769. The first-order chi connectivity index (χ1) is 6.90. The smallest absolute Gasteiger partial charge is 0.0924 e. The fourth-order valence-corrected chi connectivity index (χ4v) is 1.42. The Morgan fingerprint density at radius 2 is 2.07 bits per heavy atom. The Morgan fingerprint density at radius 3 is 2.64 bits per heavy atom. The van der Waals surface area contributed by atoms with E-state index in [1.165, 1.54) is 11.1 Å². The van der Waals surface area contributed by atoms with Crippen molar-refractivity contribution in [2.75, 3.05) is 7.05 Å². The van der Waals surface area contributed by atoms with Gasteiger partial charge in [-0.25, -0.2) is 4.98 Å². The molecule has 0 fully saturated rings. The number of hydrogen-bond acceptors (Lipinski definition) is 2. The number of nitrogens with zero attached hydrogens (tertiary/aromatic N) is 1. The van der Waals surface area contributed by atoms with Crippen LogP contribution >= 0.6 is 0 Å². The Kier molecular flexibility index (Phi) is 2.60. The van der Waals surface area contributed by atoms with Crippen LogP contribution in [0.25, 0.3) is 11.3 Å². The van der Waals surface area contributed by atoms with Crippen molar-refractivity contribution in [3.63, 3.8) is 0 Å². The molecule has 14 heavy (non-hydrogen) atoms. The SMILES string of the molecule is CNCc1ccc(-c2cnc[nH]2)cc1. The minimum atomic E-state index is 0.906. The van der Waals surface area contributed by atoms with Gasteiger partial charge in [-0.15, -0.1) is 0 Å². The number of aromatic nitrogens is 2. The first kappa shape index (κ1) is 8.97. The van der Waals surface area contributed by atoms with Gasteiger partial charge in [-0.2, -0.15) is 0 Å². The predicted molar refractivity (Wildman–Crippen MR) is 56.8 cm³/mol. The molecule has 0 amide bonds. The summed E-state index contributed by atoms with van der Waals surface area (Å²) in [6, 6.07) is 8.43. The molecule has 3 nitrogen and oxygen atoms in total. The average Bonchev–Trinajstić information content (AvgIpc) is 2.72. The Hall–Kier alpha value is -1.61. The van der Waals surface area contributed by atoms with Gasteiger partial charge in [-0.3, -0.25) is 0 Å². The van der Waals surface area contributed by atoms with E-state index in [1.807, 2.05) is 13.2 Å². The molecule has 2 rings (SSSR count). The molecule has 0 aliphatic rings. The number of rotatable bonds is 3. The predicted octanol–water partition coefficient (Wildman–Crippen LogP) is 1.80. The zero-order chi connectivity index (χ0) is 9.80. The summed E-state index contributed by atoms with van der Waals surface area (Å²) >= 11 is 0.